The van der Waals surface area contributed by atoms with E-state index in [1.165, 1.54) is 18.2 Å². The normalized spacial score (nSPS) is 14.2. The highest BCUT2D eigenvalue weighted by Gasteiger charge is 2.16. The lowest BCUT2D eigenvalue weighted by Gasteiger charge is -2.19. The number of hydrogen-bond donors (Lipinski definition) is 1. The summed E-state index contributed by atoms with van der Waals surface area (Å²) in [4.78, 5) is 11.9. The monoisotopic (exact) mass is 321 g/mol. The molecule has 0 bridgehead atoms. The number of carbonyl (C=O) groups excluding carboxylic acids is 1. The lowest BCUT2D eigenvalue weighted by Crippen LogP contribution is -2.37. The summed E-state index contributed by atoms with van der Waals surface area (Å²) in [5, 5.41) is 2.83. The van der Waals surface area contributed by atoms with Gasteiger partial charge in [-0.05, 0) is 47.0 Å². The smallest absolute Gasteiger partial charge is 0.252 e. The fraction of sp³-hybridized carbons (Fsp3) is 0.417. The second kappa shape index (κ2) is 6.36. The molecule has 2 nitrogen and oxygen atoms in total. The number of hydrogen-bond acceptors (Lipinski definition) is 1. The van der Waals surface area contributed by atoms with Crippen molar-refractivity contribution in [2.75, 3.05) is 5.88 Å². The first-order valence-corrected chi connectivity index (χ1v) is 6.60. The van der Waals surface area contributed by atoms with E-state index in [0.717, 1.165) is 0 Å². The molecule has 1 aromatic rings. The van der Waals surface area contributed by atoms with Crippen LogP contribution in [0.2, 0.25) is 0 Å². The molecule has 0 heterocycles. The van der Waals surface area contributed by atoms with Crippen LogP contribution < -0.4 is 5.32 Å². The predicted octanol–water partition coefficient (Wildman–Crippen LogP) is 3.58. The van der Waals surface area contributed by atoms with Gasteiger partial charge in [0.05, 0.1) is 5.56 Å². The van der Waals surface area contributed by atoms with Gasteiger partial charge in [-0.15, -0.1) is 11.6 Å². The molecule has 5 heteroatoms. The molecule has 94 valence electrons. The van der Waals surface area contributed by atoms with Crippen molar-refractivity contribution in [1.82, 2.24) is 5.32 Å². The molecule has 0 fully saturated rings. The molecule has 2 unspecified atom stereocenters. The summed E-state index contributed by atoms with van der Waals surface area (Å²) in [5.41, 5.74) is 0.417. The fourth-order valence-corrected chi connectivity index (χ4v) is 2.03. The van der Waals surface area contributed by atoms with Gasteiger partial charge in [-0.25, -0.2) is 4.39 Å². The molecule has 0 aliphatic carbocycles. The Balaban J connectivity index is 2.76. The van der Waals surface area contributed by atoms with Crippen molar-refractivity contribution in [2.24, 2.45) is 5.92 Å². The second-order valence-corrected chi connectivity index (χ2v) is 5.18. The average Bonchev–Trinajstić information content (AvgIpc) is 2.27. The first kappa shape index (κ1) is 14.5. The third-order valence-corrected chi connectivity index (χ3v) is 3.77. The van der Waals surface area contributed by atoms with Gasteiger partial charge in [0, 0.05) is 16.4 Å². The SMILES string of the molecule is CC(CCl)C(C)NC(=O)c1ccc(F)cc1Br. The maximum atomic E-state index is 12.9. The van der Waals surface area contributed by atoms with Crippen LogP contribution in [0.1, 0.15) is 24.2 Å². The van der Waals surface area contributed by atoms with E-state index in [1.54, 1.807) is 0 Å². The highest BCUT2D eigenvalue weighted by molar-refractivity contribution is 9.10. The molecule has 1 N–H and O–H groups in total. The topological polar surface area (TPSA) is 29.1 Å². The van der Waals surface area contributed by atoms with Crippen LogP contribution in [0, 0.1) is 11.7 Å². The van der Waals surface area contributed by atoms with Crippen LogP contribution in [0.4, 0.5) is 4.39 Å². The summed E-state index contributed by atoms with van der Waals surface area (Å²) >= 11 is 8.88. The lowest BCUT2D eigenvalue weighted by atomic mass is 10.1. The number of benzene rings is 1. The van der Waals surface area contributed by atoms with Crippen molar-refractivity contribution in [3.63, 3.8) is 0 Å². The molecule has 1 rings (SSSR count). The van der Waals surface area contributed by atoms with E-state index in [9.17, 15) is 9.18 Å². The zero-order chi connectivity index (χ0) is 13.0. The Morgan fingerprint density at radius 1 is 1.53 bits per heavy atom. The van der Waals surface area contributed by atoms with E-state index in [-0.39, 0.29) is 23.7 Å². The Labute approximate surface area is 114 Å². The molecule has 0 saturated carbocycles. The van der Waals surface area contributed by atoms with E-state index in [1.807, 2.05) is 13.8 Å². The quantitative estimate of drug-likeness (QED) is 0.844. The van der Waals surface area contributed by atoms with Gasteiger partial charge in [0.1, 0.15) is 5.82 Å². The number of nitrogens with one attached hydrogen (secondary N) is 1. The molecule has 1 amide bonds. The number of alkyl halides is 1. The van der Waals surface area contributed by atoms with Crippen molar-refractivity contribution >= 4 is 33.4 Å². The Bertz CT molecular complexity index is 413. The number of amides is 1. The van der Waals surface area contributed by atoms with Gasteiger partial charge in [0.25, 0.3) is 5.91 Å². The summed E-state index contributed by atoms with van der Waals surface area (Å²) in [6.45, 7) is 3.85. The van der Waals surface area contributed by atoms with Gasteiger partial charge in [-0.2, -0.15) is 0 Å². The van der Waals surface area contributed by atoms with Gasteiger partial charge in [-0.1, -0.05) is 6.92 Å². The summed E-state index contributed by atoms with van der Waals surface area (Å²) < 4.78 is 13.3. The summed E-state index contributed by atoms with van der Waals surface area (Å²) in [6, 6.07) is 3.95. The van der Waals surface area contributed by atoms with E-state index in [2.05, 4.69) is 21.2 Å². The van der Waals surface area contributed by atoms with Crippen LogP contribution >= 0.6 is 27.5 Å². The highest BCUT2D eigenvalue weighted by Crippen LogP contribution is 2.18. The van der Waals surface area contributed by atoms with Gasteiger partial charge in [-0.3, -0.25) is 4.79 Å². The van der Waals surface area contributed by atoms with Gasteiger partial charge >= 0.3 is 0 Å². The fourth-order valence-electron chi connectivity index (χ4n) is 1.23. The predicted molar refractivity (Wildman–Crippen MR) is 70.9 cm³/mol. The molecule has 0 aliphatic heterocycles. The van der Waals surface area contributed by atoms with Crippen LogP contribution in [0.25, 0.3) is 0 Å². The Kier molecular flexibility index (Phi) is 5.40. The Morgan fingerprint density at radius 2 is 2.18 bits per heavy atom. The van der Waals surface area contributed by atoms with Crippen molar-refractivity contribution < 1.29 is 9.18 Å². The molecule has 0 saturated heterocycles. The second-order valence-electron chi connectivity index (χ2n) is 4.02. The first-order valence-electron chi connectivity index (χ1n) is 5.27. The highest BCUT2D eigenvalue weighted by atomic mass is 79.9. The zero-order valence-electron chi connectivity index (χ0n) is 9.64. The molecule has 0 radical (unpaired) electrons. The zero-order valence-corrected chi connectivity index (χ0v) is 12.0. The molecular weight excluding hydrogens is 308 g/mol. The largest absolute Gasteiger partial charge is 0.349 e. The van der Waals surface area contributed by atoms with Gasteiger partial charge < -0.3 is 5.32 Å². The van der Waals surface area contributed by atoms with Crippen LogP contribution in [0.3, 0.4) is 0 Å². The lowest BCUT2D eigenvalue weighted by molar-refractivity contribution is 0.0930. The van der Waals surface area contributed by atoms with E-state index < -0.39 is 0 Å². The molecule has 0 aliphatic rings. The summed E-state index contributed by atoms with van der Waals surface area (Å²) in [7, 11) is 0. The summed E-state index contributed by atoms with van der Waals surface area (Å²) in [6.07, 6.45) is 0. The molecule has 17 heavy (non-hydrogen) atoms. The van der Waals surface area contributed by atoms with Gasteiger partial charge in [0.2, 0.25) is 0 Å². The molecule has 0 aromatic heterocycles. The first-order chi connectivity index (χ1) is 7.95. The Hall–Kier alpha value is -0.610. The van der Waals surface area contributed by atoms with Gasteiger partial charge in [0.15, 0.2) is 0 Å². The third kappa shape index (κ3) is 3.96. The third-order valence-electron chi connectivity index (χ3n) is 2.63. The maximum Gasteiger partial charge on any atom is 0.252 e. The minimum Gasteiger partial charge on any atom is -0.349 e. The van der Waals surface area contributed by atoms with Crippen molar-refractivity contribution in [3.05, 3.63) is 34.1 Å². The van der Waals surface area contributed by atoms with Crippen LogP contribution in [0.5, 0.6) is 0 Å². The summed E-state index contributed by atoms with van der Waals surface area (Å²) in [5.74, 6) is 0.0447. The minimum atomic E-state index is -0.379. The van der Waals surface area contributed by atoms with E-state index >= 15 is 0 Å². The number of rotatable bonds is 4. The number of carbonyl (C=O) groups is 1. The standard InChI is InChI=1S/C12H14BrClFNO/c1-7(6-14)8(2)16-12(17)10-4-3-9(15)5-11(10)13/h3-5,7-8H,6H2,1-2H3,(H,16,17). The maximum absolute atomic E-state index is 12.9. The number of halogens is 3. The van der Waals surface area contributed by atoms with Crippen molar-refractivity contribution in [3.8, 4) is 0 Å². The van der Waals surface area contributed by atoms with Crippen molar-refractivity contribution in [2.45, 2.75) is 19.9 Å². The van der Waals surface area contributed by atoms with Crippen LogP contribution in [-0.2, 0) is 0 Å². The Morgan fingerprint density at radius 3 is 2.71 bits per heavy atom. The van der Waals surface area contributed by atoms with E-state index in [4.69, 9.17) is 11.6 Å². The molecule has 2 atom stereocenters. The van der Waals surface area contributed by atoms with Crippen LogP contribution in [-0.4, -0.2) is 17.8 Å². The average molecular weight is 323 g/mol. The van der Waals surface area contributed by atoms with Crippen molar-refractivity contribution in [1.29, 1.82) is 0 Å². The molecule has 1 aromatic carbocycles. The molecule has 0 spiro atoms. The van der Waals surface area contributed by atoms with Crippen LogP contribution in [0.15, 0.2) is 22.7 Å². The van der Waals surface area contributed by atoms with E-state index in [0.29, 0.717) is 15.9 Å². The molecular formula is C12H14BrClFNO. The minimum absolute atomic E-state index is 0.0306.